The second-order valence-electron chi connectivity index (χ2n) is 4.25. The smallest absolute Gasteiger partial charge is 0.182 e. The number of hydrogen-bond acceptors (Lipinski definition) is 2. The van der Waals surface area contributed by atoms with Gasteiger partial charge in [0.15, 0.2) is 4.77 Å². The standard InChI is InChI=1S/C14H10BrClN2OS/c1-19-13-5-3-9(7-10(13)15)18-12-4-2-8(16)6-11(12)17-14(18)20/h2-7H,1H3,(H,17,20). The normalized spacial score (nSPS) is 10.9. The zero-order chi connectivity index (χ0) is 14.3. The Balaban J connectivity index is 2.26. The van der Waals surface area contributed by atoms with Crippen molar-refractivity contribution in [1.29, 1.82) is 0 Å². The summed E-state index contributed by atoms with van der Waals surface area (Å²) in [5, 5.41) is 0.678. The van der Waals surface area contributed by atoms with Crippen LogP contribution in [0.25, 0.3) is 16.7 Å². The molecule has 0 saturated heterocycles. The van der Waals surface area contributed by atoms with Crippen molar-refractivity contribution >= 4 is 50.8 Å². The molecular formula is C14H10BrClN2OS. The van der Waals surface area contributed by atoms with E-state index in [2.05, 4.69) is 20.9 Å². The molecule has 102 valence electrons. The van der Waals surface area contributed by atoms with Crippen LogP contribution in [-0.2, 0) is 0 Å². The Labute approximate surface area is 134 Å². The van der Waals surface area contributed by atoms with E-state index in [1.807, 2.05) is 41.0 Å². The van der Waals surface area contributed by atoms with E-state index in [4.69, 9.17) is 28.6 Å². The molecule has 0 aliphatic rings. The van der Waals surface area contributed by atoms with Gasteiger partial charge in [0.2, 0.25) is 0 Å². The maximum atomic E-state index is 6.00. The summed E-state index contributed by atoms with van der Waals surface area (Å²) in [5.74, 6) is 0.781. The number of methoxy groups -OCH3 is 1. The fraction of sp³-hybridized carbons (Fsp3) is 0.0714. The Morgan fingerprint density at radius 3 is 2.75 bits per heavy atom. The molecule has 0 fully saturated rings. The van der Waals surface area contributed by atoms with Crippen LogP contribution in [0, 0.1) is 4.77 Å². The molecule has 0 amide bonds. The molecule has 0 atom stereocenters. The Kier molecular flexibility index (Phi) is 3.58. The third-order valence-corrected chi connectivity index (χ3v) is 4.18. The third kappa shape index (κ3) is 2.26. The van der Waals surface area contributed by atoms with Crippen molar-refractivity contribution in [2.45, 2.75) is 0 Å². The van der Waals surface area contributed by atoms with Crippen molar-refractivity contribution in [1.82, 2.24) is 9.55 Å². The van der Waals surface area contributed by atoms with Gasteiger partial charge in [-0.15, -0.1) is 0 Å². The number of rotatable bonds is 2. The van der Waals surface area contributed by atoms with Crippen LogP contribution in [0.4, 0.5) is 0 Å². The molecule has 6 heteroatoms. The minimum absolute atomic E-state index is 0.624. The molecule has 20 heavy (non-hydrogen) atoms. The fourth-order valence-corrected chi connectivity index (χ4v) is 3.15. The van der Waals surface area contributed by atoms with Crippen LogP contribution < -0.4 is 4.74 Å². The molecule has 0 radical (unpaired) electrons. The molecule has 3 rings (SSSR count). The Hall–Kier alpha value is -1.30. The number of ether oxygens (including phenoxy) is 1. The highest BCUT2D eigenvalue weighted by Crippen LogP contribution is 2.29. The van der Waals surface area contributed by atoms with E-state index in [0.29, 0.717) is 9.79 Å². The van der Waals surface area contributed by atoms with Crippen molar-refractivity contribution in [3.05, 3.63) is 50.7 Å². The number of H-pyrrole nitrogens is 1. The molecule has 0 aliphatic carbocycles. The monoisotopic (exact) mass is 368 g/mol. The number of nitrogens with zero attached hydrogens (tertiary/aromatic N) is 1. The van der Waals surface area contributed by atoms with Crippen LogP contribution in [0.15, 0.2) is 40.9 Å². The van der Waals surface area contributed by atoms with E-state index < -0.39 is 0 Å². The second kappa shape index (κ2) is 5.24. The van der Waals surface area contributed by atoms with Gasteiger partial charge < -0.3 is 9.72 Å². The number of fused-ring (bicyclic) bond motifs is 1. The zero-order valence-electron chi connectivity index (χ0n) is 10.5. The summed E-state index contributed by atoms with van der Waals surface area (Å²) >= 11 is 14.9. The van der Waals surface area contributed by atoms with E-state index in [1.54, 1.807) is 7.11 Å². The lowest BCUT2D eigenvalue weighted by atomic mass is 10.2. The highest BCUT2D eigenvalue weighted by Gasteiger charge is 2.09. The van der Waals surface area contributed by atoms with Crippen molar-refractivity contribution in [2.75, 3.05) is 7.11 Å². The summed E-state index contributed by atoms with van der Waals surface area (Å²) in [6, 6.07) is 11.5. The first-order valence-corrected chi connectivity index (χ1v) is 7.42. The van der Waals surface area contributed by atoms with Gasteiger partial charge in [-0.25, -0.2) is 0 Å². The molecule has 0 spiro atoms. The molecule has 0 bridgehead atoms. The van der Waals surface area contributed by atoms with Crippen LogP contribution in [-0.4, -0.2) is 16.7 Å². The molecule has 0 aliphatic heterocycles. The number of aromatic amines is 1. The quantitative estimate of drug-likeness (QED) is 0.636. The zero-order valence-corrected chi connectivity index (χ0v) is 13.6. The first-order chi connectivity index (χ1) is 9.60. The minimum Gasteiger partial charge on any atom is -0.496 e. The van der Waals surface area contributed by atoms with Gasteiger partial charge in [0.05, 0.1) is 22.6 Å². The number of halogens is 2. The van der Waals surface area contributed by atoms with Crippen LogP contribution in [0.5, 0.6) is 5.75 Å². The topological polar surface area (TPSA) is 29.9 Å². The SMILES string of the molecule is COc1ccc(-n2c(=S)[nH]c3cc(Cl)ccc32)cc1Br. The summed E-state index contributed by atoms with van der Waals surface area (Å²) in [4.78, 5) is 3.16. The van der Waals surface area contributed by atoms with Crippen molar-refractivity contribution in [2.24, 2.45) is 0 Å². The number of aromatic nitrogens is 2. The number of nitrogens with one attached hydrogen (secondary N) is 1. The highest BCUT2D eigenvalue weighted by molar-refractivity contribution is 9.10. The predicted molar refractivity (Wildman–Crippen MR) is 87.7 cm³/mol. The number of benzene rings is 2. The Morgan fingerprint density at radius 2 is 2.05 bits per heavy atom. The van der Waals surface area contributed by atoms with Gasteiger partial charge in [0, 0.05) is 10.7 Å². The maximum absolute atomic E-state index is 6.00. The lowest BCUT2D eigenvalue weighted by Crippen LogP contribution is -1.95. The fourth-order valence-electron chi connectivity index (χ4n) is 2.13. The van der Waals surface area contributed by atoms with Gasteiger partial charge >= 0.3 is 0 Å². The van der Waals surface area contributed by atoms with Gasteiger partial charge in [-0.2, -0.15) is 0 Å². The van der Waals surface area contributed by atoms with E-state index in [9.17, 15) is 0 Å². The van der Waals surface area contributed by atoms with Gasteiger partial charge in [-0.05, 0) is 64.5 Å². The molecule has 3 aromatic rings. The van der Waals surface area contributed by atoms with Crippen molar-refractivity contribution in [3.8, 4) is 11.4 Å². The predicted octanol–water partition coefficient (Wildman–Crippen LogP) is 5.11. The molecule has 1 aromatic heterocycles. The largest absolute Gasteiger partial charge is 0.496 e. The second-order valence-corrected chi connectivity index (χ2v) is 5.92. The average Bonchev–Trinajstić information content (AvgIpc) is 2.73. The van der Waals surface area contributed by atoms with E-state index in [1.165, 1.54) is 0 Å². The molecular weight excluding hydrogens is 360 g/mol. The van der Waals surface area contributed by atoms with Crippen LogP contribution >= 0.6 is 39.7 Å². The first kappa shape index (κ1) is 13.7. The minimum atomic E-state index is 0.624. The van der Waals surface area contributed by atoms with Gasteiger partial charge in [0.1, 0.15) is 5.75 Å². The van der Waals surface area contributed by atoms with Crippen LogP contribution in [0.1, 0.15) is 0 Å². The summed E-state index contributed by atoms with van der Waals surface area (Å²) in [6.07, 6.45) is 0. The van der Waals surface area contributed by atoms with Crippen LogP contribution in [0.2, 0.25) is 5.02 Å². The molecule has 3 nitrogen and oxygen atoms in total. The highest BCUT2D eigenvalue weighted by atomic mass is 79.9. The van der Waals surface area contributed by atoms with Crippen LogP contribution in [0.3, 0.4) is 0 Å². The lowest BCUT2D eigenvalue weighted by molar-refractivity contribution is 0.412. The summed E-state index contributed by atoms with van der Waals surface area (Å²) in [7, 11) is 1.64. The molecule has 2 aromatic carbocycles. The maximum Gasteiger partial charge on any atom is 0.182 e. The molecule has 0 unspecified atom stereocenters. The first-order valence-electron chi connectivity index (χ1n) is 5.84. The summed E-state index contributed by atoms with van der Waals surface area (Å²) < 4.78 is 8.71. The van der Waals surface area contributed by atoms with Crippen molar-refractivity contribution < 1.29 is 4.74 Å². The number of imidazole rings is 1. The average molecular weight is 370 g/mol. The summed E-state index contributed by atoms with van der Waals surface area (Å²) in [5.41, 5.74) is 2.85. The van der Waals surface area contributed by atoms with Gasteiger partial charge in [0.25, 0.3) is 0 Å². The Bertz CT molecular complexity index is 856. The molecule has 1 heterocycles. The molecule has 0 saturated carbocycles. The van der Waals surface area contributed by atoms with Gasteiger partial charge in [-0.3, -0.25) is 4.57 Å². The van der Waals surface area contributed by atoms with E-state index >= 15 is 0 Å². The summed E-state index contributed by atoms with van der Waals surface area (Å²) in [6.45, 7) is 0. The third-order valence-electron chi connectivity index (χ3n) is 3.04. The van der Waals surface area contributed by atoms with E-state index in [0.717, 1.165) is 26.9 Å². The van der Waals surface area contributed by atoms with Crippen molar-refractivity contribution in [3.63, 3.8) is 0 Å². The Morgan fingerprint density at radius 1 is 1.25 bits per heavy atom. The number of hydrogen-bond donors (Lipinski definition) is 1. The lowest BCUT2D eigenvalue weighted by Gasteiger charge is -2.08. The van der Waals surface area contributed by atoms with Gasteiger partial charge in [-0.1, -0.05) is 11.6 Å². The molecule has 1 N–H and O–H groups in total. The van der Waals surface area contributed by atoms with E-state index in [-0.39, 0.29) is 0 Å².